The molecule has 1 aromatic carbocycles. The molecule has 0 amide bonds. The van der Waals surface area contributed by atoms with Gasteiger partial charge in [-0.3, -0.25) is 9.58 Å². The maximum atomic E-state index is 5.44. The molecule has 0 spiro atoms. The van der Waals surface area contributed by atoms with Crippen molar-refractivity contribution in [3.05, 3.63) is 42.1 Å². The van der Waals surface area contributed by atoms with Gasteiger partial charge in [0.15, 0.2) is 5.11 Å². The van der Waals surface area contributed by atoms with E-state index in [-0.39, 0.29) is 0 Å². The summed E-state index contributed by atoms with van der Waals surface area (Å²) in [4.78, 5) is 2.65. The summed E-state index contributed by atoms with van der Waals surface area (Å²) in [5, 5.41) is 12.4. The Bertz CT molecular complexity index is 831. The number of benzene rings is 1. The molecule has 0 radical (unpaired) electrons. The minimum atomic E-state index is 0.570. The lowest BCUT2D eigenvalue weighted by Crippen LogP contribution is -2.56. The van der Waals surface area contributed by atoms with E-state index < -0.39 is 0 Å². The topological polar surface area (TPSA) is 45.1 Å². The normalized spacial score (nSPS) is 25.9. The van der Waals surface area contributed by atoms with E-state index in [0.717, 1.165) is 36.4 Å². The highest BCUT2D eigenvalue weighted by molar-refractivity contribution is 7.80. The van der Waals surface area contributed by atoms with Gasteiger partial charge in [0.05, 0.1) is 5.69 Å². The predicted octanol–water partition coefficient (Wildman–Crippen LogP) is 3.39. The Labute approximate surface area is 179 Å². The molecule has 3 fully saturated rings. The number of thiocarbonyl (C=S) groups is 1. The van der Waals surface area contributed by atoms with Crippen LogP contribution in [0.15, 0.2) is 36.4 Å². The van der Waals surface area contributed by atoms with Crippen molar-refractivity contribution in [3.63, 3.8) is 0 Å². The SMILES string of the molecule is CC(C)CNC(=S)NCC1CC2CCN1CC2c1cc(-c2ccccc2)nn1C. The van der Waals surface area contributed by atoms with Gasteiger partial charge in [-0.25, -0.2) is 0 Å². The smallest absolute Gasteiger partial charge is 0.166 e. The molecule has 1 aromatic heterocycles. The van der Waals surface area contributed by atoms with E-state index >= 15 is 0 Å². The summed E-state index contributed by atoms with van der Waals surface area (Å²) in [5.74, 6) is 1.90. The first-order valence-corrected chi connectivity index (χ1v) is 11.3. The molecule has 4 heterocycles. The van der Waals surface area contributed by atoms with E-state index in [0.29, 0.717) is 17.9 Å². The van der Waals surface area contributed by atoms with Crippen LogP contribution in [0.4, 0.5) is 0 Å². The number of nitrogens with one attached hydrogen (secondary N) is 2. The summed E-state index contributed by atoms with van der Waals surface area (Å²) in [6, 6.07) is 13.4. The molecule has 3 aliphatic rings. The quantitative estimate of drug-likeness (QED) is 0.714. The zero-order valence-corrected chi connectivity index (χ0v) is 18.6. The van der Waals surface area contributed by atoms with Crippen molar-refractivity contribution in [2.24, 2.45) is 18.9 Å². The molecule has 6 heteroatoms. The van der Waals surface area contributed by atoms with Crippen LogP contribution in [0.3, 0.4) is 0 Å². The van der Waals surface area contributed by atoms with Crippen molar-refractivity contribution in [3.8, 4) is 11.3 Å². The standard InChI is InChI=1S/C23H33N5S/c1-16(2)13-24-23(29)25-14-19-11-18-9-10-28(19)15-20(18)22-12-21(26-27(22)3)17-7-5-4-6-8-17/h4-8,12,16,18-20H,9-11,13-15H2,1-3H3,(H2,24,25,29). The Morgan fingerprint density at radius 3 is 2.72 bits per heavy atom. The highest BCUT2D eigenvalue weighted by atomic mass is 32.1. The molecule has 0 saturated carbocycles. The number of piperidine rings is 3. The number of fused-ring (bicyclic) bond motifs is 3. The molecule has 5 rings (SSSR count). The van der Waals surface area contributed by atoms with Crippen LogP contribution < -0.4 is 10.6 Å². The van der Waals surface area contributed by atoms with Crippen LogP contribution in [0.25, 0.3) is 11.3 Å². The lowest BCUT2D eigenvalue weighted by Gasteiger charge is -2.50. The summed E-state index contributed by atoms with van der Waals surface area (Å²) < 4.78 is 2.10. The van der Waals surface area contributed by atoms with Crippen molar-refractivity contribution in [2.45, 2.75) is 38.6 Å². The molecule has 3 saturated heterocycles. The fourth-order valence-electron chi connectivity index (χ4n) is 4.83. The zero-order chi connectivity index (χ0) is 20.4. The fraction of sp³-hybridized carbons (Fsp3) is 0.565. The van der Waals surface area contributed by atoms with Gasteiger partial charge in [0.1, 0.15) is 0 Å². The summed E-state index contributed by atoms with van der Waals surface area (Å²) >= 11 is 5.44. The maximum Gasteiger partial charge on any atom is 0.166 e. The minimum Gasteiger partial charge on any atom is -0.362 e. The van der Waals surface area contributed by atoms with Crippen LogP contribution in [0.5, 0.6) is 0 Å². The Balaban J connectivity index is 1.38. The van der Waals surface area contributed by atoms with Gasteiger partial charge in [-0.2, -0.15) is 5.10 Å². The highest BCUT2D eigenvalue weighted by Crippen LogP contribution is 2.42. The molecule has 2 N–H and O–H groups in total. The largest absolute Gasteiger partial charge is 0.362 e. The van der Waals surface area contributed by atoms with E-state index in [1.54, 1.807) is 0 Å². The van der Waals surface area contributed by atoms with E-state index in [4.69, 9.17) is 17.3 Å². The van der Waals surface area contributed by atoms with Crippen LogP contribution >= 0.6 is 12.2 Å². The lowest BCUT2D eigenvalue weighted by molar-refractivity contribution is 0.0303. The molecule has 156 valence electrons. The van der Waals surface area contributed by atoms with Crippen LogP contribution in [-0.4, -0.2) is 52.0 Å². The summed E-state index contributed by atoms with van der Waals surface area (Å²) in [5.41, 5.74) is 3.65. The number of aromatic nitrogens is 2. The fourth-order valence-corrected chi connectivity index (χ4v) is 5.00. The van der Waals surface area contributed by atoms with Gasteiger partial charge >= 0.3 is 0 Å². The van der Waals surface area contributed by atoms with Crippen molar-refractivity contribution in [1.29, 1.82) is 0 Å². The van der Waals surface area contributed by atoms with Crippen LogP contribution in [0.1, 0.15) is 38.3 Å². The van der Waals surface area contributed by atoms with E-state index in [9.17, 15) is 0 Å². The van der Waals surface area contributed by atoms with Gasteiger partial charge in [-0.05, 0) is 49.5 Å². The van der Waals surface area contributed by atoms with Gasteiger partial charge in [-0.15, -0.1) is 0 Å². The van der Waals surface area contributed by atoms with Crippen molar-refractivity contribution < 1.29 is 0 Å². The molecule has 2 bridgehead atoms. The minimum absolute atomic E-state index is 0.570. The van der Waals surface area contributed by atoms with Gasteiger partial charge in [0, 0.05) is 49.9 Å². The van der Waals surface area contributed by atoms with Crippen LogP contribution in [-0.2, 0) is 7.05 Å². The highest BCUT2D eigenvalue weighted by Gasteiger charge is 2.41. The molecule has 4 atom stereocenters. The molecular weight excluding hydrogens is 378 g/mol. The van der Waals surface area contributed by atoms with Crippen LogP contribution in [0, 0.1) is 11.8 Å². The van der Waals surface area contributed by atoms with Crippen molar-refractivity contribution >= 4 is 17.3 Å². The van der Waals surface area contributed by atoms with Crippen molar-refractivity contribution in [1.82, 2.24) is 25.3 Å². The Kier molecular flexibility index (Phi) is 6.20. The van der Waals surface area contributed by atoms with Gasteiger partial charge in [-0.1, -0.05) is 44.2 Å². The molecule has 0 aliphatic carbocycles. The average molecular weight is 412 g/mol. The van der Waals surface area contributed by atoms with Crippen LogP contribution in [0.2, 0.25) is 0 Å². The maximum absolute atomic E-state index is 5.44. The van der Waals surface area contributed by atoms with Gasteiger partial charge < -0.3 is 10.6 Å². The number of hydrogen-bond acceptors (Lipinski definition) is 3. The summed E-state index contributed by atoms with van der Waals surface area (Å²) in [7, 11) is 2.09. The third kappa shape index (κ3) is 4.64. The van der Waals surface area contributed by atoms with Crippen molar-refractivity contribution in [2.75, 3.05) is 26.2 Å². The van der Waals surface area contributed by atoms with Gasteiger partial charge in [0.25, 0.3) is 0 Å². The van der Waals surface area contributed by atoms with E-state index in [1.807, 2.05) is 0 Å². The number of nitrogens with zero attached hydrogens (tertiary/aromatic N) is 3. The lowest BCUT2D eigenvalue weighted by atomic mass is 9.74. The zero-order valence-electron chi connectivity index (χ0n) is 17.8. The van der Waals surface area contributed by atoms with E-state index in [2.05, 4.69) is 77.5 Å². The second-order valence-corrected chi connectivity index (χ2v) is 9.38. The number of hydrogen-bond donors (Lipinski definition) is 2. The Morgan fingerprint density at radius 2 is 2.03 bits per heavy atom. The molecular formula is C23H33N5S. The third-order valence-electron chi connectivity index (χ3n) is 6.41. The molecule has 4 unspecified atom stereocenters. The Morgan fingerprint density at radius 1 is 1.24 bits per heavy atom. The van der Waals surface area contributed by atoms with Gasteiger partial charge in [0.2, 0.25) is 0 Å². The second-order valence-electron chi connectivity index (χ2n) is 8.97. The summed E-state index contributed by atoms with van der Waals surface area (Å²) in [6.45, 7) is 8.58. The summed E-state index contributed by atoms with van der Waals surface area (Å²) in [6.07, 6.45) is 2.51. The number of rotatable bonds is 6. The third-order valence-corrected chi connectivity index (χ3v) is 6.70. The molecule has 29 heavy (non-hydrogen) atoms. The molecule has 2 aromatic rings. The Hall–Kier alpha value is -1.92. The van der Waals surface area contributed by atoms with E-state index in [1.165, 1.54) is 30.6 Å². The predicted molar refractivity (Wildman–Crippen MR) is 123 cm³/mol. The monoisotopic (exact) mass is 411 g/mol. The number of aryl methyl sites for hydroxylation is 1. The molecule has 3 aliphatic heterocycles. The second kappa shape index (κ2) is 8.84. The average Bonchev–Trinajstić information content (AvgIpc) is 3.13. The first-order valence-electron chi connectivity index (χ1n) is 10.9. The molecule has 5 nitrogen and oxygen atoms in total. The first kappa shape index (κ1) is 20.4. The first-order chi connectivity index (χ1) is 14.0.